The number of hydrogen-bond acceptors (Lipinski definition) is 3. The third kappa shape index (κ3) is 2.40. The van der Waals surface area contributed by atoms with Crippen LogP contribution in [0, 0.1) is 0 Å². The maximum absolute atomic E-state index is 4.39. The monoisotopic (exact) mass is 243 g/mol. The van der Waals surface area contributed by atoms with E-state index in [-0.39, 0.29) is 5.41 Å². The van der Waals surface area contributed by atoms with E-state index in [0.717, 1.165) is 16.1 Å². The Hall–Kier alpha value is -0.640. The minimum atomic E-state index is -0.00764. The van der Waals surface area contributed by atoms with Gasteiger partial charge in [-0.1, -0.05) is 20.8 Å². The Morgan fingerprint density at radius 3 is 2.46 bits per heavy atom. The summed E-state index contributed by atoms with van der Waals surface area (Å²) in [5.41, 5.74) is -0.00764. The van der Waals surface area contributed by atoms with Crippen LogP contribution >= 0.6 is 15.9 Å². The van der Waals surface area contributed by atoms with Gasteiger partial charge in [0.1, 0.15) is 11.6 Å². The molecule has 0 atom stereocenters. The minimum absolute atomic E-state index is 0.00764. The first kappa shape index (κ1) is 10.4. The van der Waals surface area contributed by atoms with Crippen LogP contribution in [-0.2, 0) is 5.41 Å². The largest absolute Gasteiger partial charge is 0.372 e. The van der Waals surface area contributed by atoms with Crippen LogP contribution in [0.5, 0.6) is 0 Å². The van der Waals surface area contributed by atoms with Crippen molar-refractivity contribution in [2.24, 2.45) is 0 Å². The fourth-order valence-electron chi connectivity index (χ4n) is 0.904. The second-order valence-corrected chi connectivity index (χ2v) is 4.74. The molecule has 0 unspecified atom stereocenters. The number of anilines is 1. The first-order chi connectivity index (χ1) is 5.95. The predicted molar refractivity (Wildman–Crippen MR) is 58.0 cm³/mol. The lowest BCUT2D eigenvalue weighted by atomic mass is 9.96. The maximum atomic E-state index is 4.39. The molecule has 0 bridgehead atoms. The van der Waals surface area contributed by atoms with E-state index in [1.54, 1.807) is 6.20 Å². The summed E-state index contributed by atoms with van der Waals surface area (Å²) in [5.74, 6) is 1.68. The smallest absolute Gasteiger partial charge is 0.143 e. The summed E-state index contributed by atoms with van der Waals surface area (Å²) in [6.45, 7) is 6.28. The van der Waals surface area contributed by atoms with Crippen molar-refractivity contribution >= 4 is 21.7 Å². The molecule has 1 aromatic heterocycles. The summed E-state index contributed by atoms with van der Waals surface area (Å²) in [4.78, 5) is 8.65. The van der Waals surface area contributed by atoms with Gasteiger partial charge in [-0.15, -0.1) is 0 Å². The van der Waals surface area contributed by atoms with Gasteiger partial charge in [0.05, 0.1) is 4.47 Å². The van der Waals surface area contributed by atoms with Gasteiger partial charge in [-0.25, -0.2) is 9.97 Å². The van der Waals surface area contributed by atoms with Gasteiger partial charge in [-0.2, -0.15) is 0 Å². The van der Waals surface area contributed by atoms with Crippen LogP contribution in [0.15, 0.2) is 10.7 Å². The third-order valence-corrected chi connectivity index (χ3v) is 2.23. The van der Waals surface area contributed by atoms with Crippen molar-refractivity contribution in [2.45, 2.75) is 26.2 Å². The zero-order valence-corrected chi connectivity index (χ0v) is 9.94. The molecule has 0 spiro atoms. The van der Waals surface area contributed by atoms with Gasteiger partial charge in [0, 0.05) is 18.7 Å². The molecule has 0 amide bonds. The highest BCUT2D eigenvalue weighted by atomic mass is 79.9. The lowest BCUT2D eigenvalue weighted by Gasteiger charge is -2.17. The van der Waals surface area contributed by atoms with Crippen LogP contribution in [0.25, 0.3) is 0 Å². The summed E-state index contributed by atoms with van der Waals surface area (Å²) in [5, 5.41) is 3.01. The van der Waals surface area contributed by atoms with Crippen molar-refractivity contribution in [3.05, 3.63) is 16.5 Å². The van der Waals surface area contributed by atoms with Crippen LogP contribution < -0.4 is 5.32 Å². The molecule has 0 aromatic carbocycles. The number of halogens is 1. The van der Waals surface area contributed by atoms with Gasteiger partial charge >= 0.3 is 0 Å². The molecule has 1 N–H and O–H groups in total. The summed E-state index contributed by atoms with van der Waals surface area (Å²) in [6, 6.07) is 0. The fourth-order valence-corrected chi connectivity index (χ4v) is 1.29. The Morgan fingerprint density at radius 1 is 1.38 bits per heavy atom. The lowest BCUT2D eigenvalue weighted by Crippen LogP contribution is -2.16. The van der Waals surface area contributed by atoms with Gasteiger partial charge in [0.25, 0.3) is 0 Å². The number of rotatable bonds is 1. The van der Waals surface area contributed by atoms with Crippen molar-refractivity contribution in [1.29, 1.82) is 0 Å². The van der Waals surface area contributed by atoms with Crippen molar-refractivity contribution in [2.75, 3.05) is 12.4 Å². The highest BCUT2D eigenvalue weighted by Crippen LogP contribution is 2.23. The number of nitrogens with one attached hydrogen (secondary N) is 1. The van der Waals surface area contributed by atoms with Crippen molar-refractivity contribution in [3.8, 4) is 0 Å². The second-order valence-electron chi connectivity index (χ2n) is 3.89. The minimum Gasteiger partial charge on any atom is -0.372 e. The first-order valence-corrected chi connectivity index (χ1v) is 4.95. The van der Waals surface area contributed by atoms with Gasteiger partial charge in [0.2, 0.25) is 0 Å². The van der Waals surface area contributed by atoms with E-state index in [1.807, 2.05) is 7.05 Å². The Morgan fingerprint density at radius 2 is 2.00 bits per heavy atom. The van der Waals surface area contributed by atoms with Gasteiger partial charge in [-0.3, -0.25) is 0 Å². The normalized spacial score (nSPS) is 11.5. The molecule has 0 fully saturated rings. The van der Waals surface area contributed by atoms with Gasteiger partial charge < -0.3 is 5.32 Å². The molecule has 3 nitrogen and oxygen atoms in total. The zero-order valence-electron chi connectivity index (χ0n) is 8.35. The predicted octanol–water partition coefficient (Wildman–Crippen LogP) is 2.58. The molecular formula is C9H14BrN3. The Kier molecular flexibility index (Phi) is 2.91. The molecule has 1 rings (SSSR count). The molecule has 72 valence electrons. The molecule has 1 heterocycles. The standard InChI is InChI=1S/C9H14BrN3/c1-9(2,3)8-12-5-6(10)7(11-4)13-8/h5H,1-4H3,(H,11,12,13). The average Bonchev–Trinajstić information content (AvgIpc) is 2.03. The topological polar surface area (TPSA) is 37.8 Å². The Balaban J connectivity index is 3.14. The van der Waals surface area contributed by atoms with E-state index in [0.29, 0.717) is 0 Å². The Bertz CT molecular complexity index is 304. The Labute approximate surface area is 87.1 Å². The molecule has 0 aliphatic heterocycles. The van der Waals surface area contributed by atoms with Crippen LogP contribution in [0.3, 0.4) is 0 Å². The summed E-state index contributed by atoms with van der Waals surface area (Å²) in [7, 11) is 1.85. The molecule has 0 saturated carbocycles. The lowest BCUT2D eigenvalue weighted by molar-refractivity contribution is 0.545. The zero-order chi connectivity index (χ0) is 10.1. The highest BCUT2D eigenvalue weighted by Gasteiger charge is 2.18. The molecule has 0 aliphatic rings. The molecule has 0 saturated heterocycles. The maximum Gasteiger partial charge on any atom is 0.143 e. The average molecular weight is 244 g/mol. The molecular weight excluding hydrogens is 230 g/mol. The molecule has 13 heavy (non-hydrogen) atoms. The highest BCUT2D eigenvalue weighted by molar-refractivity contribution is 9.10. The quantitative estimate of drug-likeness (QED) is 0.825. The summed E-state index contributed by atoms with van der Waals surface area (Å²) >= 11 is 3.37. The summed E-state index contributed by atoms with van der Waals surface area (Å²) in [6.07, 6.45) is 1.78. The van der Waals surface area contributed by atoms with E-state index in [2.05, 4.69) is 52.0 Å². The number of nitrogens with zero attached hydrogens (tertiary/aromatic N) is 2. The third-order valence-electron chi connectivity index (χ3n) is 1.65. The van der Waals surface area contributed by atoms with E-state index in [9.17, 15) is 0 Å². The van der Waals surface area contributed by atoms with E-state index < -0.39 is 0 Å². The van der Waals surface area contributed by atoms with E-state index in [1.165, 1.54) is 0 Å². The molecule has 4 heteroatoms. The number of hydrogen-bond donors (Lipinski definition) is 1. The molecule has 1 aromatic rings. The van der Waals surface area contributed by atoms with Crippen molar-refractivity contribution in [1.82, 2.24) is 9.97 Å². The van der Waals surface area contributed by atoms with Gasteiger partial charge in [-0.05, 0) is 15.9 Å². The van der Waals surface area contributed by atoms with Crippen LogP contribution in [-0.4, -0.2) is 17.0 Å². The molecule has 0 radical (unpaired) electrons. The van der Waals surface area contributed by atoms with E-state index in [4.69, 9.17) is 0 Å². The fraction of sp³-hybridized carbons (Fsp3) is 0.556. The summed E-state index contributed by atoms with van der Waals surface area (Å²) < 4.78 is 0.892. The SMILES string of the molecule is CNc1nc(C(C)(C)C)ncc1Br. The molecule has 0 aliphatic carbocycles. The first-order valence-electron chi connectivity index (χ1n) is 4.16. The van der Waals surface area contributed by atoms with Crippen molar-refractivity contribution < 1.29 is 0 Å². The van der Waals surface area contributed by atoms with Crippen LogP contribution in [0.1, 0.15) is 26.6 Å². The van der Waals surface area contributed by atoms with Crippen molar-refractivity contribution in [3.63, 3.8) is 0 Å². The second kappa shape index (κ2) is 3.62. The number of aromatic nitrogens is 2. The van der Waals surface area contributed by atoms with E-state index >= 15 is 0 Å². The van der Waals surface area contributed by atoms with Gasteiger partial charge in [0.15, 0.2) is 0 Å². The van der Waals surface area contributed by atoms with Crippen LogP contribution in [0.4, 0.5) is 5.82 Å². The van der Waals surface area contributed by atoms with Crippen LogP contribution in [0.2, 0.25) is 0 Å².